The van der Waals surface area contributed by atoms with Gasteiger partial charge >= 0.3 is 5.97 Å². The lowest BCUT2D eigenvalue weighted by Crippen LogP contribution is -2.46. The van der Waals surface area contributed by atoms with Gasteiger partial charge in [-0.25, -0.2) is 4.79 Å². The van der Waals surface area contributed by atoms with Crippen molar-refractivity contribution in [2.75, 3.05) is 6.61 Å². The van der Waals surface area contributed by atoms with Gasteiger partial charge in [0.15, 0.2) is 0 Å². The first-order valence-electron chi connectivity index (χ1n) is 7.08. The molecule has 0 radical (unpaired) electrons. The maximum absolute atomic E-state index is 12.1. The zero-order valence-electron chi connectivity index (χ0n) is 12.0. The van der Waals surface area contributed by atoms with Gasteiger partial charge in [-0.2, -0.15) is 0 Å². The van der Waals surface area contributed by atoms with Crippen LogP contribution in [0.3, 0.4) is 0 Å². The lowest BCUT2D eigenvalue weighted by atomic mass is 9.93. The van der Waals surface area contributed by atoms with Crippen molar-refractivity contribution >= 4 is 11.9 Å². The summed E-state index contributed by atoms with van der Waals surface area (Å²) in [6.07, 6.45) is 2.84. The predicted octanol–water partition coefficient (Wildman–Crippen LogP) is 1.81. The smallest absolute Gasteiger partial charge is 0.326 e. The Balaban J connectivity index is 2.53. The molecule has 3 atom stereocenters. The number of carboxylic acid groups (broad SMARTS) is 1. The molecule has 1 heterocycles. The van der Waals surface area contributed by atoms with Gasteiger partial charge in [-0.1, -0.05) is 20.8 Å². The van der Waals surface area contributed by atoms with Crippen molar-refractivity contribution in [1.82, 2.24) is 5.32 Å². The summed E-state index contributed by atoms with van der Waals surface area (Å²) in [6.45, 7) is 6.51. The van der Waals surface area contributed by atoms with Gasteiger partial charge in [-0.3, -0.25) is 4.79 Å². The van der Waals surface area contributed by atoms with E-state index in [1.807, 2.05) is 20.8 Å². The lowest BCUT2D eigenvalue weighted by molar-refractivity contribution is -0.144. The van der Waals surface area contributed by atoms with Crippen molar-refractivity contribution in [3.05, 3.63) is 0 Å². The first-order chi connectivity index (χ1) is 8.93. The van der Waals surface area contributed by atoms with Crippen LogP contribution in [0.4, 0.5) is 0 Å². The molecule has 1 saturated heterocycles. The summed E-state index contributed by atoms with van der Waals surface area (Å²) in [5.74, 6) is -0.983. The molecule has 1 amide bonds. The Bertz CT molecular complexity index is 317. The molecule has 0 aliphatic carbocycles. The topological polar surface area (TPSA) is 75.6 Å². The van der Waals surface area contributed by atoms with E-state index in [4.69, 9.17) is 9.84 Å². The normalized spacial score (nSPS) is 25.1. The van der Waals surface area contributed by atoms with Gasteiger partial charge < -0.3 is 15.2 Å². The minimum atomic E-state index is -0.957. The molecule has 0 saturated carbocycles. The average Bonchev–Trinajstić information content (AvgIpc) is 2.37. The van der Waals surface area contributed by atoms with E-state index in [1.54, 1.807) is 0 Å². The van der Waals surface area contributed by atoms with E-state index in [1.165, 1.54) is 0 Å². The highest BCUT2D eigenvalue weighted by atomic mass is 16.5. The van der Waals surface area contributed by atoms with Gasteiger partial charge in [-0.05, 0) is 31.6 Å². The molecule has 1 rings (SSSR count). The third-order valence-corrected chi connectivity index (χ3v) is 3.52. The number of carboxylic acids is 1. The monoisotopic (exact) mass is 271 g/mol. The Morgan fingerprint density at radius 3 is 2.63 bits per heavy atom. The van der Waals surface area contributed by atoms with Crippen molar-refractivity contribution in [3.63, 3.8) is 0 Å². The molecule has 2 unspecified atom stereocenters. The lowest BCUT2D eigenvalue weighted by Gasteiger charge is -2.29. The number of hydrogen-bond donors (Lipinski definition) is 2. The number of nitrogens with one attached hydrogen (secondary N) is 1. The molecule has 1 fully saturated rings. The summed E-state index contributed by atoms with van der Waals surface area (Å²) < 4.78 is 5.53. The van der Waals surface area contributed by atoms with Crippen LogP contribution in [0.2, 0.25) is 0 Å². The van der Waals surface area contributed by atoms with Crippen molar-refractivity contribution in [3.8, 4) is 0 Å². The van der Waals surface area contributed by atoms with Gasteiger partial charge in [0.1, 0.15) is 6.04 Å². The van der Waals surface area contributed by atoms with Crippen LogP contribution in [-0.4, -0.2) is 35.7 Å². The van der Waals surface area contributed by atoms with E-state index < -0.39 is 12.0 Å². The second-order valence-electron chi connectivity index (χ2n) is 5.65. The van der Waals surface area contributed by atoms with E-state index in [0.29, 0.717) is 25.9 Å². The number of aliphatic carboxylic acids is 1. The molecule has 0 spiro atoms. The number of carbonyl (C=O) groups is 2. The number of ether oxygens (including phenoxy) is 1. The Kier molecular flexibility index (Phi) is 6.28. The molecular weight excluding hydrogens is 246 g/mol. The zero-order valence-corrected chi connectivity index (χ0v) is 12.0. The molecular formula is C14H25NO4. The molecule has 1 aliphatic heterocycles. The van der Waals surface area contributed by atoms with Crippen molar-refractivity contribution in [2.45, 2.75) is 58.6 Å². The van der Waals surface area contributed by atoms with Gasteiger partial charge in [0, 0.05) is 12.5 Å². The van der Waals surface area contributed by atoms with Gasteiger partial charge in [-0.15, -0.1) is 0 Å². The fraction of sp³-hybridized carbons (Fsp3) is 0.857. The quantitative estimate of drug-likeness (QED) is 0.772. The minimum absolute atomic E-state index is 0.118. The van der Waals surface area contributed by atoms with Crippen LogP contribution in [0.5, 0.6) is 0 Å². The summed E-state index contributed by atoms with van der Waals surface area (Å²) in [6, 6.07) is -0.782. The minimum Gasteiger partial charge on any atom is -0.480 e. The SMILES string of the molecule is CCC1CC(C(=O)N[C@@H](CC(C)C)C(=O)O)CCO1. The summed E-state index contributed by atoms with van der Waals surface area (Å²) in [4.78, 5) is 23.3. The summed E-state index contributed by atoms with van der Waals surface area (Å²) >= 11 is 0. The van der Waals surface area contributed by atoms with Crippen LogP contribution >= 0.6 is 0 Å². The number of rotatable bonds is 6. The molecule has 0 aromatic carbocycles. The van der Waals surface area contributed by atoms with E-state index in [9.17, 15) is 9.59 Å². The van der Waals surface area contributed by atoms with E-state index in [2.05, 4.69) is 5.32 Å². The summed E-state index contributed by atoms with van der Waals surface area (Å²) in [7, 11) is 0. The molecule has 19 heavy (non-hydrogen) atoms. The Labute approximate surface area is 114 Å². The standard InChI is InChI=1S/C14H25NO4/c1-4-11-8-10(5-6-19-11)13(16)15-12(14(17)18)7-9(2)3/h9-12H,4-8H2,1-3H3,(H,15,16)(H,17,18)/t10?,11?,12-/m0/s1. The fourth-order valence-corrected chi connectivity index (χ4v) is 2.39. The number of hydrogen-bond acceptors (Lipinski definition) is 3. The number of amides is 1. The zero-order chi connectivity index (χ0) is 14.4. The van der Waals surface area contributed by atoms with Crippen molar-refractivity contribution < 1.29 is 19.4 Å². The van der Waals surface area contributed by atoms with Crippen LogP contribution in [0.1, 0.15) is 46.5 Å². The van der Waals surface area contributed by atoms with E-state index >= 15 is 0 Å². The van der Waals surface area contributed by atoms with Crippen molar-refractivity contribution in [1.29, 1.82) is 0 Å². The highest BCUT2D eigenvalue weighted by molar-refractivity contribution is 5.85. The molecule has 110 valence electrons. The summed E-state index contributed by atoms with van der Waals surface area (Å²) in [5, 5.41) is 11.8. The predicted molar refractivity (Wildman–Crippen MR) is 71.8 cm³/mol. The first kappa shape index (κ1) is 16.0. The average molecular weight is 271 g/mol. The van der Waals surface area contributed by atoms with Crippen LogP contribution in [0, 0.1) is 11.8 Å². The highest BCUT2D eigenvalue weighted by Gasteiger charge is 2.30. The van der Waals surface area contributed by atoms with Gasteiger partial charge in [0.2, 0.25) is 5.91 Å². The molecule has 2 N–H and O–H groups in total. The molecule has 0 aromatic heterocycles. The Morgan fingerprint density at radius 1 is 1.42 bits per heavy atom. The largest absolute Gasteiger partial charge is 0.480 e. The summed E-state index contributed by atoms with van der Waals surface area (Å²) in [5.41, 5.74) is 0. The molecule has 5 heteroatoms. The molecule has 5 nitrogen and oxygen atoms in total. The van der Waals surface area contributed by atoms with E-state index in [0.717, 1.165) is 6.42 Å². The molecule has 0 bridgehead atoms. The van der Waals surface area contributed by atoms with Crippen LogP contribution in [0.25, 0.3) is 0 Å². The second kappa shape index (κ2) is 7.48. The van der Waals surface area contributed by atoms with Crippen LogP contribution in [0.15, 0.2) is 0 Å². The van der Waals surface area contributed by atoms with Crippen molar-refractivity contribution in [2.24, 2.45) is 11.8 Å². The third-order valence-electron chi connectivity index (χ3n) is 3.52. The van der Waals surface area contributed by atoms with E-state index in [-0.39, 0.29) is 23.8 Å². The Morgan fingerprint density at radius 2 is 2.11 bits per heavy atom. The molecule has 1 aliphatic rings. The fourth-order valence-electron chi connectivity index (χ4n) is 2.39. The highest BCUT2D eigenvalue weighted by Crippen LogP contribution is 2.22. The maximum atomic E-state index is 12.1. The van der Waals surface area contributed by atoms with Gasteiger partial charge in [0.25, 0.3) is 0 Å². The van der Waals surface area contributed by atoms with Crippen LogP contribution in [-0.2, 0) is 14.3 Å². The second-order valence-corrected chi connectivity index (χ2v) is 5.65. The first-order valence-corrected chi connectivity index (χ1v) is 7.08. The Hall–Kier alpha value is -1.10. The number of carbonyl (C=O) groups excluding carboxylic acids is 1. The van der Waals surface area contributed by atoms with Gasteiger partial charge in [0.05, 0.1) is 6.10 Å². The van der Waals surface area contributed by atoms with Crippen LogP contribution < -0.4 is 5.32 Å². The third kappa shape index (κ3) is 5.19. The molecule has 0 aromatic rings. The maximum Gasteiger partial charge on any atom is 0.326 e.